The smallest absolute Gasteiger partial charge is 0.258 e. The topological polar surface area (TPSA) is 68.2 Å². The molecule has 2 atom stereocenters. The average Bonchev–Trinajstić information content (AvgIpc) is 2.69. The number of carbonyl (C=O) groups excluding carboxylic acids is 1. The molecule has 2 heterocycles. The third kappa shape index (κ3) is 3.59. The maximum absolute atomic E-state index is 14.0. The minimum Gasteiger partial charge on any atom is -0.486 e. The maximum Gasteiger partial charge on any atom is 0.258 e. The van der Waals surface area contributed by atoms with Gasteiger partial charge in [-0.3, -0.25) is 4.79 Å². The summed E-state index contributed by atoms with van der Waals surface area (Å²) < 4.78 is 31.1. The Morgan fingerprint density at radius 1 is 1.21 bits per heavy atom. The van der Waals surface area contributed by atoms with Gasteiger partial charge >= 0.3 is 0 Å². The number of ether oxygens (including phenoxy) is 3. The number of fused-ring (bicyclic) bond motifs is 1. The first-order chi connectivity index (χ1) is 13.5. The lowest BCUT2D eigenvalue weighted by atomic mass is 10.0. The molecule has 2 aliphatic heterocycles. The molecule has 0 aliphatic carbocycles. The number of aliphatic hydroxyl groups is 1. The van der Waals surface area contributed by atoms with Gasteiger partial charge in [0.2, 0.25) is 5.75 Å². The molecular weight excluding hydrogens is 389 g/mol. The molecule has 1 saturated heterocycles. The van der Waals surface area contributed by atoms with E-state index in [9.17, 15) is 14.3 Å². The van der Waals surface area contributed by atoms with Crippen LogP contribution in [0.15, 0.2) is 36.4 Å². The van der Waals surface area contributed by atoms with Gasteiger partial charge in [0.1, 0.15) is 31.2 Å². The van der Waals surface area contributed by atoms with Gasteiger partial charge in [0.25, 0.3) is 5.91 Å². The molecule has 1 N–H and O–H groups in total. The van der Waals surface area contributed by atoms with Gasteiger partial charge < -0.3 is 24.2 Å². The summed E-state index contributed by atoms with van der Waals surface area (Å²) in [7, 11) is 0. The Kier molecular flexibility index (Phi) is 5.28. The fourth-order valence-corrected chi connectivity index (χ4v) is 3.64. The number of hydrogen-bond donors (Lipinski definition) is 1. The zero-order valence-electron chi connectivity index (χ0n) is 14.9. The van der Waals surface area contributed by atoms with Crippen LogP contribution in [0.25, 0.3) is 0 Å². The first-order valence-corrected chi connectivity index (χ1v) is 9.39. The van der Waals surface area contributed by atoms with Crippen LogP contribution in [0, 0.1) is 5.82 Å². The fraction of sp³-hybridized carbons (Fsp3) is 0.350. The molecule has 0 aromatic heterocycles. The van der Waals surface area contributed by atoms with Crippen LogP contribution in [0.1, 0.15) is 16.8 Å². The van der Waals surface area contributed by atoms with Gasteiger partial charge in [-0.05, 0) is 24.3 Å². The van der Waals surface area contributed by atoms with E-state index in [0.29, 0.717) is 43.4 Å². The summed E-state index contributed by atoms with van der Waals surface area (Å²) in [6, 6.07) is 9.41. The summed E-state index contributed by atoms with van der Waals surface area (Å²) in [6.45, 7) is 1.21. The number of likely N-dealkylation sites (tertiary alicyclic amines) is 1. The maximum atomic E-state index is 14.0. The summed E-state index contributed by atoms with van der Waals surface area (Å²) >= 11 is 5.98. The van der Waals surface area contributed by atoms with Crippen LogP contribution in [0.5, 0.6) is 17.2 Å². The quantitative estimate of drug-likeness (QED) is 0.847. The summed E-state index contributed by atoms with van der Waals surface area (Å²) in [6.07, 6.45) is -1.09. The van der Waals surface area contributed by atoms with E-state index in [2.05, 4.69) is 0 Å². The van der Waals surface area contributed by atoms with Crippen molar-refractivity contribution < 1.29 is 28.5 Å². The largest absolute Gasteiger partial charge is 0.486 e. The van der Waals surface area contributed by atoms with E-state index in [1.54, 1.807) is 18.2 Å². The molecule has 2 aliphatic rings. The second kappa shape index (κ2) is 7.85. The molecule has 6 nitrogen and oxygen atoms in total. The van der Waals surface area contributed by atoms with Crippen molar-refractivity contribution in [3.63, 3.8) is 0 Å². The second-order valence-corrected chi connectivity index (χ2v) is 7.05. The Labute approximate surface area is 166 Å². The molecule has 0 bridgehead atoms. The van der Waals surface area contributed by atoms with Gasteiger partial charge in [-0.25, -0.2) is 4.39 Å². The SMILES string of the molecule is O=C(c1c(F)cccc1Cl)N1CC[C@@H](Oc2cccc3c2OCCO3)[C@H](O)C1. The number of benzene rings is 2. The predicted octanol–water partition coefficient (Wildman–Crippen LogP) is 2.90. The highest BCUT2D eigenvalue weighted by Crippen LogP contribution is 2.40. The van der Waals surface area contributed by atoms with Gasteiger partial charge in [-0.2, -0.15) is 0 Å². The Bertz CT molecular complexity index is 873. The zero-order valence-corrected chi connectivity index (χ0v) is 15.7. The number of carbonyl (C=O) groups is 1. The van der Waals surface area contributed by atoms with Crippen LogP contribution in [0.2, 0.25) is 5.02 Å². The molecule has 0 spiro atoms. The number of rotatable bonds is 3. The highest BCUT2D eigenvalue weighted by Gasteiger charge is 2.34. The van der Waals surface area contributed by atoms with E-state index in [0.717, 1.165) is 0 Å². The van der Waals surface area contributed by atoms with E-state index >= 15 is 0 Å². The van der Waals surface area contributed by atoms with Crippen molar-refractivity contribution >= 4 is 17.5 Å². The lowest BCUT2D eigenvalue weighted by Crippen LogP contribution is -2.51. The highest BCUT2D eigenvalue weighted by molar-refractivity contribution is 6.33. The van der Waals surface area contributed by atoms with Crippen LogP contribution in [-0.2, 0) is 0 Å². The third-order valence-corrected chi connectivity index (χ3v) is 5.11. The van der Waals surface area contributed by atoms with Crippen molar-refractivity contribution in [1.82, 2.24) is 4.90 Å². The van der Waals surface area contributed by atoms with E-state index in [4.69, 9.17) is 25.8 Å². The van der Waals surface area contributed by atoms with Gasteiger partial charge in [0, 0.05) is 13.0 Å². The van der Waals surface area contributed by atoms with E-state index in [1.165, 1.54) is 23.1 Å². The van der Waals surface area contributed by atoms with Crippen molar-refractivity contribution in [3.8, 4) is 17.2 Å². The molecule has 1 fully saturated rings. The van der Waals surface area contributed by atoms with Gasteiger partial charge in [0.05, 0.1) is 17.1 Å². The zero-order chi connectivity index (χ0) is 19.7. The number of nitrogens with zero attached hydrogens (tertiary/aromatic N) is 1. The number of halogens is 2. The normalized spacial score (nSPS) is 21.3. The Morgan fingerprint density at radius 2 is 2.00 bits per heavy atom. The Balaban J connectivity index is 1.46. The molecule has 0 unspecified atom stereocenters. The lowest BCUT2D eigenvalue weighted by molar-refractivity contribution is -0.0215. The number of aliphatic hydroxyl groups excluding tert-OH is 1. The molecule has 148 valence electrons. The Morgan fingerprint density at radius 3 is 2.79 bits per heavy atom. The summed E-state index contributed by atoms with van der Waals surface area (Å²) in [5, 5.41) is 10.6. The van der Waals surface area contributed by atoms with Crippen LogP contribution in [0.4, 0.5) is 4.39 Å². The van der Waals surface area contributed by atoms with Crippen molar-refractivity contribution in [1.29, 1.82) is 0 Å². The molecule has 0 saturated carbocycles. The number of hydrogen-bond acceptors (Lipinski definition) is 5. The summed E-state index contributed by atoms with van der Waals surface area (Å²) in [5.74, 6) is 0.365. The summed E-state index contributed by atoms with van der Waals surface area (Å²) in [4.78, 5) is 14.0. The van der Waals surface area contributed by atoms with Crippen LogP contribution >= 0.6 is 11.6 Å². The molecule has 0 radical (unpaired) electrons. The average molecular weight is 408 g/mol. The first kappa shape index (κ1) is 18.8. The van der Waals surface area contributed by atoms with E-state index in [-0.39, 0.29) is 17.1 Å². The van der Waals surface area contributed by atoms with Crippen molar-refractivity contribution in [3.05, 3.63) is 52.8 Å². The molecule has 2 aromatic carbocycles. The monoisotopic (exact) mass is 407 g/mol. The van der Waals surface area contributed by atoms with Gasteiger partial charge in [-0.1, -0.05) is 23.7 Å². The highest BCUT2D eigenvalue weighted by atomic mass is 35.5. The van der Waals surface area contributed by atoms with Crippen molar-refractivity contribution in [2.75, 3.05) is 26.3 Å². The number of β-amino-alcohol motifs (C(OH)–C–C–N with tert-alkyl or cyclic N) is 1. The third-order valence-electron chi connectivity index (χ3n) is 4.79. The minimum atomic E-state index is -0.941. The van der Waals surface area contributed by atoms with Gasteiger partial charge in [0.15, 0.2) is 11.5 Å². The minimum absolute atomic E-state index is 0.0144. The summed E-state index contributed by atoms with van der Waals surface area (Å²) in [5.41, 5.74) is -0.182. The Hall–Kier alpha value is -2.51. The lowest BCUT2D eigenvalue weighted by Gasteiger charge is -2.36. The van der Waals surface area contributed by atoms with Gasteiger partial charge in [-0.15, -0.1) is 0 Å². The molecule has 4 rings (SSSR count). The number of piperidine rings is 1. The fourth-order valence-electron chi connectivity index (χ4n) is 3.40. The molecule has 8 heteroatoms. The molecule has 1 amide bonds. The van der Waals surface area contributed by atoms with Crippen LogP contribution < -0.4 is 14.2 Å². The van der Waals surface area contributed by atoms with E-state index < -0.39 is 23.9 Å². The van der Waals surface area contributed by atoms with Crippen LogP contribution in [0.3, 0.4) is 0 Å². The standard InChI is InChI=1S/C20H19ClFNO5/c21-12-3-1-4-13(22)18(12)20(25)23-8-7-15(14(24)11-23)28-17-6-2-5-16-19(17)27-10-9-26-16/h1-6,14-15,24H,7-11H2/t14-,15-/m1/s1. The first-order valence-electron chi connectivity index (χ1n) is 9.01. The molecule has 2 aromatic rings. The van der Waals surface area contributed by atoms with Crippen LogP contribution in [-0.4, -0.2) is 54.4 Å². The number of amides is 1. The predicted molar refractivity (Wildman–Crippen MR) is 99.8 cm³/mol. The van der Waals surface area contributed by atoms with Crippen molar-refractivity contribution in [2.24, 2.45) is 0 Å². The van der Waals surface area contributed by atoms with Crippen molar-refractivity contribution in [2.45, 2.75) is 18.6 Å². The number of para-hydroxylation sites is 1. The second-order valence-electron chi connectivity index (χ2n) is 6.64. The molecular formula is C20H19ClFNO5. The molecule has 28 heavy (non-hydrogen) atoms. The van der Waals surface area contributed by atoms with E-state index in [1.807, 2.05) is 0 Å².